The number of carbonyl (C=O) groups is 12. The van der Waals surface area contributed by atoms with Crippen molar-refractivity contribution in [2.75, 3.05) is 68.1 Å². The first-order valence-corrected chi connectivity index (χ1v) is 49.7. The Morgan fingerprint density at radius 1 is 0.412 bits per heavy atom. The normalized spacial score (nSPS) is 18.0. The van der Waals surface area contributed by atoms with Gasteiger partial charge in [0.2, 0.25) is 59.1 Å². The van der Waals surface area contributed by atoms with Crippen molar-refractivity contribution in [2.45, 2.75) is 175 Å². The van der Waals surface area contributed by atoms with Crippen molar-refractivity contribution in [3.8, 4) is 11.5 Å². The Labute approximate surface area is 779 Å². The number of methoxy groups -OCH3 is 1. The summed E-state index contributed by atoms with van der Waals surface area (Å²) in [5, 5.41) is 53.9. The van der Waals surface area contributed by atoms with E-state index in [4.69, 9.17) is 4.74 Å². The number of hydrogen-bond donors (Lipinski definition) is 11. The minimum Gasteiger partial charge on any atom is -0.508 e. The SMILES string of the molecule is CC(=O)NCSC[C@H](NC(=O)[C@@H]1C(c2ccc(O)cc2)CCN1C(C)=O)C(=O)NCCC1(C(=O)N[C@@H](CS(=C(c2ccccc2)c2ccccc2)c2ccccc2)C(=O)O)CCCCC1.COC(=O)[C@H](CS(=C(c1ccccc1)c1ccccc1)c1ccccc1)NC(=O)C1(CCNC(=O)[C@H](CSCNC(C)=O)NC(=O)[C@@H]2C(c3ccc(O)cc3)CCN2C(C)=O)CCCCC1. The number of aromatic hydroxyl groups is 2. The number of carboxylic acid groups (broad SMARTS) is 1. The summed E-state index contributed by atoms with van der Waals surface area (Å²) in [6, 6.07) is 66.7. The minimum absolute atomic E-state index is 0.0743. The van der Waals surface area contributed by atoms with E-state index < -0.39 is 104 Å². The molecule has 4 fully saturated rings. The van der Waals surface area contributed by atoms with Crippen LogP contribution in [0.25, 0.3) is 0 Å². The highest BCUT2D eigenvalue weighted by atomic mass is 32.2. The highest BCUT2D eigenvalue weighted by Crippen LogP contribution is 2.44. The summed E-state index contributed by atoms with van der Waals surface area (Å²) in [6.45, 7) is 6.47. The second-order valence-corrected chi connectivity index (χ2v) is 39.5. The fraction of sp³-hybridized carbons (Fsp3) is 0.386. The summed E-state index contributed by atoms with van der Waals surface area (Å²) in [5.41, 5.74) is 3.64. The topological polar surface area (TPSA) is 377 Å². The van der Waals surface area contributed by atoms with E-state index in [1.807, 2.05) is 158 Å². The Bertz CT molecular complexity index is 5210. The number of phenolic OH excluding ortho intramolecular Hbond substituents is 2. The van der Waals surface area contributed by atoms with Gasteiger partial charge in [-0.2, -0.15) is 0 Å². The van der Waals surface area contributed by atoms with Gasteiger partial charge in [-0.1, -0.05) is 221 Å². The van der Waals surface area contributed by atoms with E-state index in [-0.39, 0.29) is 119 Å². The van der Waals surface area contributed by atoms with Crippen molar-refractivity contribution in [3.63, 3.8) is 0 Å². The fourth-order valence-corrected chi connectivity index (χ4v) is 24.6. The number of likely N-dealkylation sites (tertiary alicyclic amines) is 2. The van der Waals surface area contributed by atoms with E-state index in [1.165, 1.54) is 80.3 Å². The van der Waals surface area contributed by atoms with Crippen LogP contribution in [0.15, 0.2) is 240 Å². The summed E-state index contributed by atoms with van der Waals surface area (Å²) in [5.74, 6) is -4.91. The molecule has 2 aliphatic heterocycles. The monoisotopic (exact) mass is 1860 g/mol. The van der Waals surface area contributed by atoms with Crippen LogP contribution in [-0.2, 0) is 62.3 Å². The van der Waals surface area contributed by atoms with E-state index in [1.54, 1.807) is 36.4 Å². The lowest BCUT2D eigenvalue weighted by atomic mass is 9.71. The third-order valence-electron chi connectivity index (χ3n) is 24.6. The standard InChI is InChI=1S/C51H61N5O8S2.C50H59N5O8S2/c1-35(57)53-34-65-32-43(54-48(61)45-42(26-31-56(45)36(2)58)37-22-24-40(59)25-23-37)47(60)52-30-29-51(27-14-7-15-28-51)50(63)55-44(49(62)64-3)33-66(41-20-12-6-13-21-41)46(38-16-8-4-9-17-38)39-18-10-5-11-19-39;1-34(56)52-33-64-31-42(53-47(60)44-41(25-30-55(44)35(2)57)36-21-23-39(58)24-22-36)46(59)51-29-28-50(26-13-6-14-27-50)49(63)54-43(48(61)62)32-65(40-19-11-5-12-20-40)45(37-15-7-3-8-16-37)38-17-9-4-10-18-38/h4-6,8-13,16-25,42-45,59H,7,14-15,26-34H2,1-3H3,(H,52,60)(H,53,57)(H,54,61)(H,55,63);3-5,7-12,15-24,41-44,58H,6,13-14,25-33H2,1-2H3,(H,51,59)(H,52,56)(H,53,60)(H,54,63)(H,61,62)/t42?,43-,44-,45-,66?;41?,42-,43-,44-,65?/m00/s1. The van der Waals surface area contributed by atoms with Crippen LogP contribution in [0.4, 0.5) is 0 Å². The number of nitrogens with zero attached hydrogens (tertiary/aromatic N) is 2. The number of carboxylic acids is 1. The van der Waals surface area contributed by atoms with Crippen LogP contribution < -0.4 is 42.5 Å². The second-order valence-electron chi connectivity index (χ2n) is 33.4. The van der Waals surface area contributed by atoms with Crippen molar-refractivity contribution < 1.29 is 77.6 Å². The predicted octanol–water partition coefficient (Wildman–Crippen LogP) is 12.2. The molecule has 26 nitrogen and oxygen atoms in total. The number of thioether (sulfide) groups is 2. The van der Waals surface area contributed by atoms with E-state index in [2.05, 4.69) is 66.8 Å². The van der Waals surface area contributed by atoms with Gasteiger partial charge in [0, 0.05) is 108 Å². The lowest BCUT2D eigenvalue weighted by Crippen LogP contribution is -2.55. The maximum absolute atomic E-state index is 14.8. The van der Waals surface area contributed by atoms with Gasteiger partial charge in [-0.3, -0.25) is 47.9 Å². The third-order valence-corrected chi connectivity index (χ3v) is 31.4. The summed E-state index contributed by atoms with van der Waals surface area (Å²) in [4.78, 5) is 169. The second kappa shape index (κ2) is 49.4. The summed E-state index contributed by atoms with van der Waals surface area (Å²) in [6.07, 6.45) is 8.74. The molecule has 4 unspecified atom stereocenters. The Morgan fingerprint density at radius 3 is 1.05 bits per heavy atom. The number of benzene rings is 8. The zero-order valence-electron chi connectivity index (χ0n) is 74.7. The number of phenols is 2. The minimum atomic E-state index is -1.22. The first-order valence-electron chi connectivity index (χ1n) is 44.6. The molecule has 12 rings (SSSR count). The molecule has 30 heteroatoms. The molecule has 10 atom stereocenters. The molecule has 8 aromatic carbocycles. The van der Waals surface area contributed by atoms with E-state index in [9.17, 15) is 72.9 Å². The molecule has 2 heterocycles. The highest BCUT2D eigenvalue weighted by Gasteiger charge is 2.47. The van der Waals surface area contributed by atoms with Crippen LogP contribution in [0.3, 0.4) is 0 Å². The predicted molar refractivity (Wildman–Crippen MR) is 516 cm³/mol. The number of nitrogens with one attached hydrogen (secondary N) is 8. The lowest BCUT2D eigenvalue weighted by molar-refractivity contribution is -0.146. The molecule has 2 saturated heterocycles. The number of aliphatic carboxylic acids is 1. The van der Waals surface area contributed by atoms with Gasteiger partial charge in [-0.15, -0.1) is 44.5 Å². The molecule has 8 aromatic rings. The fourth-order valence-electron chi connectivity index (χ4n) is 17.8. The van der Waals surface area contributed by atoms with Gasteiger partial charge in [-0.05, 0) is 133 Å². The molecular formula is C101H120N10O16S4. The number of amides is 10. The molecule has 0 aromatic heterocycles. The zero-order chi connectivity index (χ0) is 93.4. The largest absolute Gasteiger partial charge is 0.508 e. The summed E-state index contributed by atoms with van der Waals surface area (Å²) in [7, 11) is -0.172. The first kappa shape index (κ1) is 99.7. The third kappa shape index (κ3) is 27.6. The van der Waals surface area contributed by atoms with E-state index in [0.29, 0.717) is 51.6 Å². The van der Waals surface area contributed by atoms with Crippen molar-refractivity contribution in [1.29, 1.82) is 0 Å². The van der Waals surface area contributed by atoms with Gasteiger partial charge in [0.15, 0.2) is 0 Å². The van der Waals surface area contributed by atoms with Gasteiger partial charge < -0.3 is 72.4 Å². The van der Waals surface area contributed by atoms with Crippen LogP contribution >= 0.6 is 44.5 Å². The molecule has 131 heavy (non-hydrogen) atoms. The summed E-state index contributed by atoms with van der Waals surface area (Å²) >= 11 is 2.51. The summed E-state index contributed by atoms with van der Waals surface area (Å²) < 4.78 is 5.37. The number of carbonyl (C=O) groups excluding carboxylic acids is 11. The Hall–Kier alpha value is -11.9. The number of ether oxygens (including phenoxy) is 1. The van der Waals surface area contributed by atoms with Crippen LogP contribution in [0.2, 0.25) is 0 Å². The van der Waals surface area contributed by atoms with Gasteiger partial charge in [0.25, 0.3) is 0 Å². The molecule has 0 bridgehead atoms. The van der Waals surface area contributed by atoms with Gasteiger partial charge in [-0.25, -0.2) is 9.59 Å². The average Bonchev–Trinajstić information content (AvgIpc) is 1.55. The molecule has 0 radical (unpaired) electrons. The number of rotatable bonds is 38. The maximum atomic E-state index is 14.8. The lowest BCUT2D eigenvalue weighted by Gasteiger charge is -2.37. The highest BCUT2D eigenvalue weighted by molar-refractivity contribution is 8.17. The molecule has 0 spiro atoms. The molecular weight excluding hydrogens is 1740 g/mol. The molecule has 11 N–H and O–H groups in total. The van der Waals surface area contributed by atoms with E-state index >= 15 is 0 Å². The van der Waals surface area contributed by atoms with Crippen molar-refractivity contribution in [1.82, 2.24) is 52.3 Å². The van der Waals surface area contributed by atoms with Gasteiger partial charge >= 0.3 is 11.9 Å². The van der Waals surface area contributed by atoms with Crippen LogP contribution in [-0.4, -0.2) is 210 Å². The van der Waals surface area contributed by atoms with Crippen LogP contribution in [0, 0.1) is 10.8 Å². The van der Waals surface area contributed by atoms with Gasteiger partial charge in [0.1, 0.15) is 47.8 Å². The average molecular weight is 1860 g/mol. The van der Waals surface area contributed by atoms with Crippen LogP contribution in [0.1, 0.15) is 163 Å². The van der Waals surface area contributed by atoms with Crippen molar-refractivity contribution in [2.24, 2.45) is 10.8 Å². The number of hydrogen-bond acceptors (Lipinski definition) is 17. The smallest absolute Gasteiger partial charge is 0.329 e. The molecule has 10 amide bonds. The maximum Gasteiger partial charge on any atom is 0.329 e. The molecule has 694 valence electrons. The van der Waals surface area contributed by atoms with Crippen molar-refractivity contribution >= 4 is 125 Å². The molecule has 2 saturated carbocycles. The molecule has 2 aliphatic carbocycles. The van der Waals surface area contributed by atoms with Gasteiger partial charge in [0.05, 0.1) is 29.7 Å². The molecule has 4 aliphatic rings. The number of esters is 1. The van der Waals surface area contributed by atoms with E-state index in [0.717, 1.165) is 91.4 Å². The Kier molecular flexibility index (Phi) is 37.6. The Morgan fingerprint density at radius 2 is 0.733 bits per heavy atom. The first-order chi connectivity index (χ1) is 63.3. The Balaban J connectivity index is 0.000000253. The van der Waals surface area contributed by atoms with Crippen molar-refractivity contribution in [3.05, 3.63) is 264 Å². The van der Waals surface area contributed by atoms with Crippen LogP contribution in [0.5, 0.6) is 11.5 Å². The quantitative estimate of drug-likeness (QED) is 0.00563. The zero-order valence-corrected chi connectivity index (χ0v) is 78.0.